The van der Waals surface area contributed by atoms with Crippen LogP contribution in [0.25, 0.3) is 5.69 Å². The molecule has 1 aliphatic rings. The zero-order valence-electron chi connectivity index (χ0n) is 11.8. The maximum Gasteiger partial charge on any atom is 0.286 e. The van der Waals surface area contributed by atoms with E-state index in [1.807, 2.05) is 29.3 Å². The normalized spacial score (nSPS) is 15.8. The van der Waals surface area contributed by atoms with Crippen LogP contribution in [-0.2, 0) is 0 Å². The number of nitrogen functional groups attached to an aromatic ring is 1. The van der Waals surface area contributed by atoms with Gasteiger partial charge in [0, 0.05) is 25.0 Å². The van der Waals surface area contributed by atoms with Gasteiger partial charge >= 0.3 is 0 Å². The lowest BCUT2D eigenvalue weighted by molar-refractivity contribution is 0.0744. The van der Waals surface area contributed by atoms with E-state index in [1.165, 1.54) is 6.42 Å². The number of rotatable bonds is 3. The summed E-state index contributed by atoms with van der Waals surface area (Å²) in [6.45, 7) is 1.81. The third kappa shape index (κ3) is 3.22. The van der Waals surface area contributed by atoms with Crippen LogP contribution >= 0.6 is 0 Å². The first-order valence-corrected chi connectivity index (χ1v) is 7.20. The molecule has 0 spiro atoms. The average Bonchev–Trinajstić information content (AvgIpc) is 2.99. The van der Waals surface area contributed by atoms with Crippen molar-refractivity contribution >= 4 is 11.6 Å². The van der Waals surface area contributed by atoms with Crippen molar-refractivity contribution < 1.29 is 4.79 Å². The summed E-state index contributed by atoms with van der Waals surface area (Å²) in [5, 5.41) is 6.28. The van der Waals surface area contributed by atoms with Gasteiger partial charge in [-0.15, -0.1) is 0 Å². The number of piperidine rings is 1. The molecule has 1 fully saturated rings. The van der Waals surface area contributed by atoms with Gasteiger partial charge in [-0.1, -0.05) is 6.42 Å². The van der Waals surface area contributed by atoms with Crippen molar-refractivity contribution in [3.8, 4) is 5.69 Å². The summed E-state index contributed by atoms with van der Waals surface area (Å²) in [7, 11) is 0. The lowest BCUT2D eigenvalue weighted by Gasteiger charge is -2.26. The standard InChI is InChI=1S/C15H19N5O/c16-12-4-6-13(7-5-12)20-11-8-14(17-20)15(21)18-19-9-2-1-3-10-19/h4-8,11H,1-3,9-10,16H2,(H,18,21). The maximum atomic E-state index is 12.2. The molecule has 0 aliphatic carbocycles. The second-order valence-corrected chi connectivity index (χ2v) is 5.23. The monoisotopic (exact) mass is 285 g/mol. The second-order valence-electron chi connectivity index (χ2n) is 5.23. The molecule has 0 bridgehead atoms. The number of hydrogen-bond acceptors (Lipinski definition) is 4. The summed E-state index contributed by atoms with van der Waals surface area (Å²) < 4.78 is 1.67. The summed E-state index contributed by atoms with van der Waals surface area (Å²) in [5.74, 6) is -0.161. The molecule has 110 valence electrons. The lowest BCUT2D eigenvalue weighted by Crippen LogP contribution is -2.45. The Balaban J connectivity index is 1.69. The van der Waals surface area contributed by atoms with E-state index in [9.17, 15) is 4.79 Å². The van der Waals surface area contributed by atoms with E-state index in [0.29, 0.717) is 11.4 Å². The molecule has 1 aromatic carbocycles. The van der Waals surface area contributed by atoms with Crippen LogP contribution in [0.4, 0.5) is 5.69 Å². The minimum Gasteiger partial charge on any atom is -0.399 e. The molecule has 0 saturated carbocycles. The van der Waals surface area contributed by atoms with E-state index in [4.69, 9.17) is 5.73 Å². The number of amides is 1. The molecule has 2 aromatic rings. The predicted molar refractivity (Wildman–Crippen MR) is 80.9 cm³/mol. The van der Waals surface area contributed by atoms with E-state index in [2.05, 4.69) is 10.5 Å². The zero-order valence-corrected chi connectivity index (χ0v) is 11.8. The van der Waals surface area contributed by atoms with Crippen LogP contribution in [0.3, 0.4) is 0 Å². The number of hydrazine groups is 1. The Labute approximate surface area is 123 Å². The molecule has 0 radical (unpaired) electrons. The number of nitrogens with two attached hydrogens (primary N) is 1. The Morgan fingerprint density at radius 3 is 2.52 bits per heavy atom. The Kier molecular flexibility index (Phi) is 3.87. The van der Waals surface area contributed by atoms with E-state index in [-0.39, 0.29) is 5.91 Å². The highest BCUT2D eigenvalue weighted by Crippen LogP contribution is 2.11. The molecule has 3 rings (SSSR count). The third-order valence-corrected chi connectivity index (χ3v) is 3.60. The fourth-order valence-corrected chi connectivity index (χ4v) is 2.42. The molecular formula is C15H19N5O. The van der Waals surface area contributed by atoms with Gasteiger partial charge in [0.25, 0.3) is 5.91 Å². The molecular weight excluding hydrogens is 266 g/mol. The van der Waals surface area contributed by atoms with Gasteiger partial charge in [0.05, 0.1) is 5.69 Å². The number of hydrogen-bond donors (Lipinski definition) is 2. The average molecular weight is 285 g/mol. The van der Waals surface area contributed by atoms with Crippen LogP contribution in [0.2, 0.25) is 0 Å². The fraction of sp³-hybridized carbons (Fsp3) is 0.333. The van der Waals surface area contributed by atoms with Crippen molar-refractivity contribution in [2.75, 3.05) is 18.8 Å². The van der Waals surface area contributed by atoms with Gasteiger partial charge in [-0.2, -0.15) is 5.10 Å². The third-order valence-electron chi connectivity index (χ3n) is 3.60. The highest BCUT2D eigenvalue weighted by molar-refractivity contribution is 5.91. The van der Waals surface area contributed by atoms with Gasteiger partial charge < -0.3 is 5.73 Å². The van der Waals surface area contributed by atoms with Crippen LogP contribution < -0.4 is 11.2 Å². The van der Waals surface area contributed by atoms with E-state index < -0.39 is 0 Å². The van der Waals surface area contributed by atoms with Gasteiger partial charge in [-0.25, -0.2) is 9.69 Å². The van der Waals surface area contributed by atoms with Crippen molar-refractivity contribution in [1.82, 2.24) is 20.2 Å². The molecule has 1 amide bonds. The Hall–Kier alpha value is -2.34. The van der Waals surface area contributed by atoms with E-state index in [0.717, 1.165) is 31.6 Å². The lowest BCUT2D eigenvalue weighted by atomic mass is 10.2. The molecule has 1 saturated heterocycles. The molecule has 3 N–H and O–H groups in total. The predicted octanol–water partition coefficient (Wildman–Crippen LogP) is 1.59. The van der Waals surface area contributed by atoms with Crippen molar-refractivity contribution in [2.24, 2.45) is 0 Å². The first-order chi connectivity index (χ1) is 10.2. The van der Waals surface area contributed by atoms with Crippen LogP contribution in [-0.4, -0.2) is 33.8 Å². The SMILES string of the molecule is Nc1ccc(-n2ccc(C(=O)NN3CCCCC3)n2)cc1. The van der Waals surface area contributed by atoms with E-state index >= 15 is 0 Å². The van der Waals surface area contributed by atoms with Crippen molar-refractivity contribution in [2.45, 2.75) is 19.3 Å². The topological polar surface area (TPSA) is 76.2 Å². The number of nitrogens with one attached hydrogen (secondary N) is 1. The van der Waals surface area contributed by atoms with Gasteiger partial charge in [0.1, 0.15) is 0 Å². The van der Waals surface area contributed by atoms with Gasteiger partial charge in [-0.3, -0.25) is 10.2 Å². The molecule has 0 atom stereocenters. The minimum atomic E-state index is -0.161. The van der Waals surface area contributed by atoms with Crippen molar-refractivity contribution in [3.05, 3.63) is 42.2 Å². The number of aromatic nitrogens is 2. The van der Waals surface area contributed by atoms with Crippen LogP contribution in [0.5, 0.6) is 0 Å². The van der Waals surface area contributed by atoms with Crippen LogP contribution in [0, 0.1) is 0 Å². The highest BCUT2D eigenvalue weighted by atomic mass is 16.2. The first-order valence-electron chi connectivity index (χ1n) is 7.20. The fourth-order valence-electron chi connectivity index (χ4n) is 2.42. The molecule has 1 aromatic heterocycles. The minimum absolute atomic E-state index is 0.161. The molecule has 6 nitrogen and oxygen atoms in total. The van der Waals surface area contributed by atoms with E-state index in [1.54, 1.807) is 16.9 Å². The zero-order chi connectivity index (χ0) is 14.7. The van der Waals surface area contributed by atoms with Crippen molar-refractivity contribution in [1.29, 1.82) is 0 Å². The number of anilines is 1. The van der Waals surface area contributed by atoms with Gasteiger partial charge in [-0.05, 0) is 43.2 Å². The Morgan fingerprint density at radius 1 is 1.10 bits per heavy atom. The summed E-state index contributed by atoms with van der Waals surface area (Å²) in [6.07, 6.45) is 5.26. The number of carbonyl (C=O) groups is 1. The quantitative estimate of drug-likeness (QED) is 0.840. The number of benzene rings is 1. The van der Waals surface area contributed by atoms with Gasteiger partial charge in [0.15, 0.2) is 5.69 Å². The molecule has 21 heavy (non-hydrogen) atoms. The largest absolute Gasteiger partial charge is 0.399 e. The molecule has 2 heterocycles. The van der Waals surface area contributed by atoms with Gasteiger partial charge in [0.2, 0.25) is 0 Å². The summed E-state index contributed by atoms with van der Waals surface area (Å²) in [5.41, 5.74) is 10.6. The first kappa shape index (κ1) is 13.6. The summed E-state index contributed by atoms with van der Waals surface area (Å²) in [6, 6.07) is 9.08. The highest BCUT2D eigenvalue weighted by Gasteiger charge is 2.16. The summed E-state index contributed by atoms with van der Waals surface area (Å²) in [4.78, 5) is 12.2. The maximum absolute atomic E-state index is 12.2. The Morgan fingerprint density at radius 2 is 1.81 bits per heavy atom. The van der Waals surface area contributed by atoms with Crippen LogP contribution in [0.15, 0.2) is 36.5 Å². The molecule has 0 unspecified atom stereocenters. The number of nitrogens with zero attached hydrogens (tertiary/aromatic N) is 3. The smallest absolute Gasteiger partial charge is 0.286 e. The van der Waals surface area contributed by atoms with Crippen LogP contribution in [0.1, 0.15) is 29.8 Å². The Bertz CT molecular complexity index is 613. The van der Waals surface area contributed by atoms with Crippen molar-refractivity contribution in [3.63, 3.8) is 0 Å². The summed E-state index contributed by atoms with van der Waals surface area (Å²) >= 11 is 0. The number of carbonyl (C=O) groups excluding carboxylic acids is 1. The second kappa shape index (κ2) is 5.97. The molecule has 1 aliphatic heterocycles. The molecule has 6 heteroatoms.